The largest absolute Gasteiger partial charge is 0.480 e. The lowest BCUT2D eigenvalue weighted by Gasteiger charge is -1.96. The Bertz CT molecular complexity index is 184. The summed E-state index contributed by atoms with van der Waals surface area (Å²) in [6.45, 7) is 0. The van der Waals surface area contributed by atoms with Crippen LogP contribution in [0.2, 0.25) is 0 Å². The lowest BCUT2D eigenvalue weighted by molar-refractivity contribution is -0.137. The van der Waals surface area contributed by atoms with Gasteiger partial charge in [-0.05, 0) is 10.8 Å². The third-order valence-electron chi connectivity index (χ3n) is 0.939. The minimum absolute atomic E-state index is 0.190. The smallest absolute Gasteiger partial charge is 0.321 e. The highest BCUT2D eigenvalue weighted by Gasteiger charge is 2.06. The van der Waals surface area contributed by atoms with Gasteiger partial charge in [-0.25, -0.2) is 0 Å². The van der Waals surface area contributed by atoms with Crippen LogP contribution in [0.4, 0.5) is 0 Å². The van der Waals surface area contributed by atoms with E-state index in [2.05, 4.69) is 12.6 Å². The number of carboxylic acid groups (broad SMARTS) is 1. The monoisotopic (exact) mass is 205 g/mol. The molecule has 1 rings (SSSR count). The standard InChI is InChI=1S/C4H4S.C3H7NO2S/c1-2-4-5-3-1;4-2(1-7)3(5)6/h1-4H;2,7H,1,4H2,(H,5,6). The number of hydrogen-bond acceptors (Lipinski definition) is 4. The molecule has 1 heterocycles. The second-order valence-electron chi connectivity index (χ2n) is 1.92. The zero-order chi connectivity index (χ0) is 9.40. The van der Waals surface area contributed by atoms with Crippen LogP contribution in [0.5, 0.6) is 0 Å². The highest BCUT2D eigenvalue weighted by atomic mass is 32.1. The Morgan fingerprint density at radius 2 is 2.08 bits per heavy atom. The van der Waals surface area contributed by atoms with Crippen molar-refractivity contribution in [1.29, 1.82) is 0 Å². The van der Waals surface area contributed by atoms with Crippen LogP contribution in [0.1, 0.15) is 0 Å². The van der Waals surface area contributed by atoms with Crippen molar-refractivity contribution in [1.82, 2.24) is 0 Å². The van der Waals surface area contributed by atoms with E-state index in [4.69, 9.17) is 10.8 Å². The summed E-state index contributed by atoms with van der Waals surface area (Å²) in [4.78, 5) is 9.76. The molecule has 1 aromatic heterocycles. The molecule has 3 N–H and O–H groups in total. The Kier molecular flexibility index (Phi) is 6.84. The van der Waals surface area contributed by atoms with Crippen LogP contribution in [-0.2, 0) is 4.79 Å². The van der Waals surface area contributed by atoms with Gasteiger partial charge in [-0.3, -0.25) is 4.79 Å². The Labute approximate surface area is 80.6 Å². The number of hydrogen-bond donors (Lipinski definition) is 3. The molecule has 1 unspecified atom stereocenters. The average Bonchev–Trinajstić information content (AvgIpc) is 2.59. The summed E-state index contributed by atoms with van der Waals surface area (Å²) in [5.74, 6) is -0.815. The number of thiol groups is 1. The Morgan fingerprint density at radius 3 is 2.17 bits per heavy atom. The van der Waals surface area contributed by atoms with Gasteiger partial charge in [0.15, 0.2) is 0 Å². The van der Waals surface area contributed by atoms with E-state index < -0.39 is 12.0 Å². The van der Waals surface area contributed by atoms with Gasteiger partial charge in [0.25, 0.3) is 0 Å². The van der Waals surface area contributed by atoms with Crippen molar-refractivity contribution < 1.29 is 9.90 Å². The number of rotatable bonds is 2. The lowest BCUT2D eigenvalue weighted by atomic mass is 10.4. The fourth-order valence-electron chi connectivity index (χ4n) is 0.305. The molecule has 5 heteroatoms. The van der Waals surface area contributed by atoms with Crippen LogP contribution in [0.15, 0.2) is 22.9 Å². The first-order chi connectivity index (χ1) is 5.68. The molecule has 0 aliphatic rings. The maximum absolute atomic E-state index is 9.76. The average molecular weight is 205 g/mol. The molecule has 0 aliphatic heterocycles. The van der Waals surface area contributed by atoms with E-state index in [9.17, 15) is 4.79 Å². The Hall–Kier alpha value is -0.520. The van der Waals surface area contributed by atoms with E-state index in [1.54, 1.807) is 11.3 Å². The summed E-state index contributed by atoms with van der Waals surface area (Å²) in [6, 6.07) is 3.22. The highest BCUT2D eigenvalue weighted by molar-refractivity contribution is 7.80. The van der Waals surface area contributed by atoms with E-state index in [0.29, 0.717) is 0 Å². The van der Waals surface area contributed by atoms with E-state index in [1.807, 2.05) is 22.9 Å². The van der Waals surface area contributed by atoms with Gasteiger partial charge in [0, 0.05) is 5.75 Å². The van der Waals surface area contributed by atoms with E-state index >= 15 is 0 Å². The second kappa shape index (κ2) is 7.15. The maximum atomic E-state index is 9.76. The molecular weight excluding hydrogens is 194 g/mol. The van der Waals surface area contributed by atoms with Crippen molar-refractivity contribution in [2.24, 2.45) is 5.73 Å². The lowest BCUT2D eigenvalue weighted by Crippen LogP contribution is -2.31. The molecule has 3 nitrogen and oxygen atoms in total. The number of thiophene rings is 1. The number of nitrogens with two attached hydrogens (primary N) is 1. The van der Waals surface area contributed by atoms with Crippen LogP contribution in [0.25, 0.3) is 0 Å². The number of aliphatic carboxylic acids is 1. The van der Waals surface area contributed by atoms with Crippen molar-refractivity contribution in [2.45, 2.75) is 6.04 Å². The molecule has 0 aromatic carbocycles. The fourth-order valence-corrected chi connectivity index (χ4v) is 0.915. The summed E-state index contributed by atoms with van der Waals surface area (Å²) in [5, 5.41) is 12.1. The zero-order valence-corrected chi connectivity index (χ0v) is 8.09. The molecule has 68 valence electrons. The maximum Gasteiger partial charge on any atom is 0.321 e. The quantitative estimate of drug-likeness (QED) is 0.633. The first-order valence-electron chi connectivity index (χ1n) is 3.25. The number of carbonyl (C=O) groups is 1. The van der Waals surface area contributed by atoms with Gasteiger partial charge in [-0.1, -0.05) is 12.1 Å². The zero-order valence-electron chi connectivity index (χ0n) is 6.38. The molecule has 0 amide bonds. The van der Waals surface area contributed by atoms with Crippen molar-refractivity contribution in [3.63, 3.8) is 0 Å². The normalized spacial score (nSPS) is 11.2. The van der Waals surface area contributed by atoms with Gasteiger partial charge < -0.3 is 10.8 Å². The fraction of sp³-hybridized carbons (Fsp3) is 0.286. The molecule has 12 heavy (non-hydrogen) atoms. The predicted octanol–water partition coefficient (Wildman–Crippen LogP) is 1.08. The third kappa shape index (κ3) is 6.21. The van der Waals surface area contributed by atoms with Gasteiger partial charge >= 0.3 is 5.97 Å². The molecule has 0 aliphatic carbocycles. The topological polar surface area (TPSA) is 63.3 Å². The minimum atomic E-state index is -1.00. The van der Waals surface area contributed by atoms with Crippen LogP contribution >= 0.6 is 24.0 Å². The van der Waals surface area contributed by atoms with Gasteiger partial charge in [0.2, 0.25) is 0 Å². The summed E-state index contributed by atoms with van der Waals surface area (Å²) in [7, 11) is 0. The summed E-state index contributed by atoms with van der Waals surface area (Å²) in [6.07, 6.45) is 0. The minimum Gasteiger partial charge on any atom is -0.480 e. The molecule has 1 aromatic rings. The molecule has 1 atom stereocenters. The summed E-state index contributed by atoms with van der Waals surface area (Å²) in [5.41, 5.74) is 4.94. The van der Waals surface area contributed by atoms with Crippen molar-refractivity contribution in [2.75, 3.05) is 5.75 Å². The van der Waals surface area contributed by atoms with Gasteiger partial charge in [-0.15, -0.1) is 0 Å². The van der Waals surface area contributed by atoms with Crippen LogP contribution in [0.3, 0.4) is 0 Å². The molecule has 0 saturated carbocycles. The van der Waals surface area contributed by atoms with Crippen molar-refractivity contribution in [3.8, 4) is 0 Å². The van der Waals surface area contributed by atoms with Crippen LogP contribution in [0, 0.1) is 0 Å². The molecule has 0 radical (unpaired) electrons. The summed E-state index contributed by atoms with van der Waals surface area (Å²) < 4.78 is 0. The van der Waals surface area contributed by atoms with E-state index in [0.717, 1.165) is 0 Å². The first kappa shape index (κ1) is 11.5. The Morgan fingerprint density at radius 1 is 1.58 bits per heavy atom. The predicted molar refractivity (Wildman–Crippen MR) is 53.8 cm³/mol. The second-order valence-corrected chi connectivity index (χ2v) is 3.10. The van der Waals surface area contributed by atoms with Gasteiger partial charge in [0.1, 0.15) is 6.04 Å². The highest BCUT2D eigenvalue weighted by Crippen LogP contribution is 1.91. The van der Waals surface area contributed by atoms with Crippen LogP contribution in [-0.4, -0.2) is 22.9 Å². The molecular formula is C7H11NO2S2. The third-order valence-corrected chi connectivity index (χ3v) is 1.96. The molecule has 0 fully saturated rings. The van der Waals surface area contributed by atoms with E-state index in [1.165, 1.54) is 0 Å². The molecule has 0 spiro atoms. The number of carboxylic acids is 1. The summed E-state index contributed by atoms with van der Waals surface area (Å²) >= 11 is 5.36. The molecule has 0 saturated heterocycles. The van der Waals surface area contributed by atoms with Crippen molar-refractivity contribution in [3.05, 3.63) is 22.9 Å². The Balaban J connectivity index is 0.000000211. The van der Waals surface area contributed by atoms with Gasteiger partial charge in [-0.2, -0.15) is 24.0 Å². The first-order valence-corrected chi connectivity index (χ1v) is 4.82. The SMILES string of the molecule is NC(CS)C(=O)O.c1ccsc1. The van der Waals surface area contributed by atoms with Crippen molar-refractivity contribution >= 4 is 29.9 Å². The van der Waals surface area contributed by atoms with Gasteiger partial charge in [0.05, 0.1) is 0 Å². The van der Waals surface area contributed by atoms with E-state index in [-0.39, 0.29) is 5.75 Å². The van der Waals surface area contributed by atoms with Crippen LogP contribution < -0.4 is 5.73 Å². The molecule has 0 bridgehead atoms.